The molecule has 0 atom stereocenters. The van der Waals surface area contributed by atoms with Crippen molar-refractivity contribution < 1.29 is 8.83 Å². The fourth-order valence-corrected chi connectivity index (χ4v) is 6.94. The lowest BCUT2D eigenvalue weighted by atomic mass is 10.1. The first kappa shape index (κ1) is 28.9. The molecule has 10 rings (SSSR count). The van der Waals surface area contributed by atoms with E-state index in [0.29, 0.717) is 17.5 Å². The Morgan fingerprint density at radius 2 is 0.843 bits per heavy atom. The van der Waals surface area contributed by atoms with Gasteiger partial charge in [-0.25, -0.2) is 15.0 Å². The third kappa shape index (κ3) is 4.92. The molecular formula is C45H28N4O2. The van der Waals surface area contributed by atoms with Crippen LogP contribution in [-0.4, -0.2) is 15.0 Å². The molecule has 0 saturated heterocycles. The van der Waals surface area contributed by atoms with E-state index in [1.165, 1.54) is 0 Å². The second-order valence-corrected chi connectivity index (χ2v) is 12.4. The third-order valence-corrected chi connectivity index (χ3v) is 9.34. The van der Waals surface area contributed by atoms with Crippen LogP contribution in [0.3, 0.4) is 0 Å². The lowest BCUT2D eigenvalue weighted by Crippen LogP contribution is -2.10. The Bertz CT molecular complexity index is 2860. The van der Waals surface area contributed by atoms with Crippen molar-refractivity contribution in [1.29, 1.82) is 0 Å². The maximum Gasteiger partial charge on any atom is 0.167 e. The number of furan rings is 2. The Morgan fingerprint density at radius 1 is 0.353 bits per heavy atom. The zero-order valence-electron chi connectivity index (χ0n) is 27.3. The van der Waals surface area contributed by atoms with Crippen molar-refractivity contribution in [2.45, 2.75) is 0 Å². The molecule has 51 heavy (non-hydrogen) atoms. The number of rotatable bonds is 6. The molecule has 0 radical (unpaired) electrons. The highest BCUT2D eigenvalue weighted by Crippen LogP contribution is 2.42. The first-order valence-electron chi connectivity index (χ1n) is 16.9. The topological polar surface area (TPSA) is 68.2 Å². The van der Waals surface area contributed by atoms with E-state index in [2.05, 4.69) is 89.8 Å². The lowest BCUT2D eigenvalue weighted by molar-refractivity contribution is 0.669. The van der Waals surface area contributed by atoms with Crippen LogP contribution in [0.4, 0.5) is 17.1 Å². The zero-order chi connectivity index (χ0) is 33.7. The smallest absolute Gasteiger partial charge is 0.167 e. The number of aromatic nitrogens is 3. The Morgan fingerprint density at radius 3 is 1.53 bits per heavy atom. The largest absolute Gasteiger partial charge is 0.455 e. The predicted octanol–water partition coefficient (Wildman–Crippen LogP) is 12.1. The monoisotopic (exact) mass is 656 g/mol. The van der Waals surface area contributed by atoms with Gasteiger partial charge in [0, 0.05) is 44.0 Å². The summed E-state index contributed by atoms with van der Waals surface area (Å²) < 4.78 is 12.9. The quantitative estimate of drug-likeness (QED) is 0.177. The predicted molar refractivity (Wildman–Crippen MR) is 205 cm³/mol. The van der Waals surface area contributed by atoms with E-state index in [-0.39, 0.29) is 0 Å². The number of hydrogen-bond donors (Lipinski definition) is 0. The Labute approximate surface area is 292 Å². The average Bonchev–Trinajstić information content (AvgIpc) is 3.78. The van der Waals surface area contributed by atoms with Crippen LogP contribution in [0.1, 0.15) is 0 Å². The number of benzene rings is 7. The van der Waals surface area contributed by atoms with Gasteiger partial charge < -0.3 is 13.7 Å². The first-order chi connectivity index (χ1) is 25.3. The summed E-state index contributed by atoms with van der Waals surface area (Å²) in [5.74, 6) is 1.72. The van der Waals surface area contributed by atoms with Crippen molar-refractivity contribution in [2.24, 2.45) is 0 Å². The number of anilines is 3. The van der Waals surface area contributed by atoms with Crippen LogP contribution in [0, 0.1) is 0 Å². The standard InChI is InChI=1S/C45H28N4O2/c1-3-13-29(14-4-1)43-46-44(48-45(47-43)37-21-11-19-35-33-17-7-9-23-39(33)50-41(35)37)30-25-27-32(28-26-30)49(31-15-5-2-6-16-31)38-22-12-20-36-34-18-8-10-24-40(34)51-42(36)38/h1-28H. The van der Waals surface area contributed by atoms with Gasteiger partial charge in [0.15, 0.2) is 23.1 Å². The molecule has 0 aliphatic rings. The third-order valence-electron chi connectivity index (χ3n) is 9.34. The summed E-state index contributed by atoms with van der Waals surface area (Å²) in [6.45, 7) is 0. The van der Waals surface area contributed by atoms with Gasteiger partial charge in [-0.3, -0.25) is 0 Å². The van der Waals surface area contributed by atoms with E-state index < -0.39 is 0 Å². The van der Waals surface area contributed by atoms with Crippen LogP contribution < -0.4 is 4.90 Å². The van der Waals surface area contributed by atoms with Crippen molar-refractivity contribution in [3.8, 4) is 34.2 Å². The maximum absolute atomic E-state index is 6.48. The maximum atomic E-state index is 6.48. The highest BCUT2D eigenvalue weighted by Gasteiger charge is 2.21. The van der Waals surface area contributed by atoms with Crippen molar-refractivity contribution in [3.63, 3.8) is 0 Å². The van der Waals surface area contributed by atoms with Gasteiger partial charge in [-0.2, -0.15) is 0 Å². The summed E-state index contributed by atoms with van der Waals surface area (Å²) >= 11 is 0. The molecule has 0 bridgehead atoms. The van der Waals surface area contributed by atoms with Gasteiger partial charge in [-0.15, -0.1) is 0 Å². The molecule has 0 spiro atoms. The molecule has 10 aromatic rings. The first-order valence-corrected chi connectivity index (χ1v) is 16.9. The highest BCUT2D eigenvalue weighted by atomic mass is 16.3. The minimum atomic E-state index is 0.551. The van der Waals surface area contributed by atoms with Crippen LogP contribution in [0.15, 0.2) is 179 Å². The van der Waals surface area contributed by atoms with E-state index in [0.717, 1.165) is 77.6 Å². The summed E-state index contributed by atoms with van der Waals surface area (Å²) in [6, 6.07) is 57.4. The van der Waals surface area contributed by atoms with E-state index in [1.807, 2.05) is 84.9 Å². The summed E-state index contributed by atoms with van der Waals surface area (Å²) in [5.41, 5.74) is 8.82. The summed E-state index contributed by atoms with van der Waals surface area (Å²) in [6.07, 6.45) is 0. The SMILES string of the molecule is c1ccc(-c2nc(-c3ccc(N(c4ccccc4)c4cccc5c4oc4ccccc45)cc3)nc(-c3cccc4c3oc3ccccc34)n2)cc1. The minimum Gasteiger partial charge on any atom is -0.455 e. The molecule has 0 saturated carbocycles. The average molecular weight is 657 g/mol. The molecule has 3 aromatic heterocycles. The van der Waals surface area contributed by atoms with E-state index in [9.17, 15) is 0 Å². The fraction of sp³-hybridized carbons (Fsp3) is 0. The summed E-state index contributed by atoms with van der Waals surface area (Å²) in [4.78, 5) is 17.3. The molecule has 6 heteroatoms. The van der Waals surface area contributed by atoms with Gasteiger partial charge in [-0.1, -0.05) is 109 Å². The Balaban J connectivity index is 1.12. The molecule has 7 aromatic carbocycles. The molecule has 0 aliphatic heterocycles. The van der Waals surface area contributed by atoms with Crippen molar-refractivity contribution in [2.75, 3.05) is 4.90 Å². The molecule has 0 unspecified atom stereocenters. The van der Waals surface area contributed by atoms with Crippen molar-refractivity contribution in [3.05, 3.63) is 170 Å². The van der Waals surface area contributed by atoms with Gasteiger partial charge in [0.05, 0.1) is 11.3 Å². The lowest BCUT2D eigenvalue weighted by Gasteiger charge is -2.25. The van der Waals surface area contributed by atoms with Crippen LogP contribution in [0.5, 0.6) is 0 Å². The highest BCUT2D eigenvalue weighted by molar-refractivity contribution is 6.11. The molecule has 0 aliphatic carbocycles. The molecule has 240 valence electrons. The summed E-state index contributed by atoms with van der Waals surface area (Å²) in [7, 11) is 0. The van der Waals surface area contributed by atoms with Crippen LogP contribution in [0.25, 0.3) is 78.0 Å². The van der Waals surface area contributed by atoms with Gasteiger partial charge in [0.2, 0.25) is 0 Å². The van der Waals surface area contributed by atoms with Gasteiger partial charge in [-0.05, 0) is 60.7 Å². The van der Waals surface area contributed by atoms with E-state index in [4.69, 9.17) is 23.8 Å². The number of fused-ring (bicyclic) bond motifs is 6. The van der Waals surface area contributed by atoms with Gasteiger partial charge >= 0.3 is 0 Å². The molecule has 6 nitrogen and oxygen atoms in total. The van der Waals surface area contributed by atoms with Crippen LogP contribution in [-0.2, 0) is 0 Å². The second kappa shape index (κ2) is 11.8. The number of hydrogen-bond acceptors (Lipinski definition) is 6. The number of para-hydroxylation sites is 5. The normalized spacial score (nSPS) is 11.5. The fourth-order valence-electron chi connectivity index (χ4n) is 6.94. The van der Waals surface area contributed by atoms with Crippen molar-refractivity contribution in [1.82, 2.24) is 15.0 Å². The second-order valence-electron chi connectivity index (χ2n) is 12.4. The minimum absolute atomic E-state index is 0.551. The molecule has 3 heterocycles. The van der Waals surface area contributed by atoms with Gasteiger partial charge in [0.1, 0.15) is 16.7 Å². The van der Waals surface area contributed by atoms with Gasteiger partial charge in [0.25, 0.3) is 0 Å². The Kier molecular flexibility index (Phi) is 6.70. The molecule has 0 N–H and O–H groups in total. The number of nitrogens with zero attached hydrogens (tertiary/aromatic N) is 4. The molecule has 0 fully saturated rings. The van der Waals surface area contributed by atoms with E-state index in [1.54, 1.807) is 0 Å². The van der Waals surface area contributed by atoms with Crippen molar-refractivity contribution >= 4 is 60.9 Å². The zero-order valence-corrected chi connectivity index (χ0v) is 27.3. The van der Waals surface area contributed by atoms with E-state index >= 15 is 0 Å². The molecule has 0 amide bonds. The van der Waals surface area contributed by atoms with Crippen LogP contribution in [0.2, 0.25) is 0 Å². The van der Waals surface area contributed by atoms with Crippen LogP contribution >= 0.6 is 0 Å². The summed E-state index contributed by atoms with van der Waals surface area (Å²) in [5, 5.41) is 4.25. The Hall–Kier alpha value is -7.05. The molecular weight excluding hydrogens is 629 g/mol.